The molecular weight excluding hydrogens is 605 g/mol. The number of anilines is 1. The maximum atomic E-state index is 14.1. The van der Waals surface area contributed by atoms with Crippen molar-refractivity contribution in [2.45, 2.75) is 51.6 Å². The fraction of sp³-hybridized carbons (Fsp3) is 0.333. The van der Waals surface area contributed by atoms with E-state index < -0.39 is 28.5 Å². The number of nitrogens with zero attached hydrogens (tertiary/aromatic N) is 2. The first-order valence-corrected chi connectivity index (χ1v) is 15.8. The molecule has 0 aliphatic rings. The number of halogens is 3. The lowest BCUT2D eigenvalue weighted by Crippen LogP contribution is -2.52. The summed E-state index contributed by atoms with van der Waals surface area (Å²) < 4.78 is 28.9. The van der Waals surface area contributed by atoms with Crippen LogP contribution >= 0.6 is 34.8 Å². The van der Waals surface area contributed by atoms with Gasteiger partial charge in [-0.2, -0.15) is 0 Å². The average molecular weight is 639 g/mol. The van der Waals surface area contributed by atoms with Crippen LogP contribution in [0.5, 0.6) is 0 Å². The minimum Gasteiger partial charge on any atom is -0.354 e. The Morgan fingerprint density at radius 1 is 0.927 bits per heavy atom. The molecule has 0 saturated heterocycles. The van der Waals surface area contributed by atoms with E-state index in [9.17, 15) is 18.0 Å². The molecule has 3 aromatic rings. The first kappa shape index (κ1) is 32.7. The van der Waals surface area contributed by atoms with Crippen LogP contribution in [0.2, 0.25) is 15.1 Å². The molecule has 0 spiro atoms. The van der Waals surface area contributed by atoms with Crippen molar-refractivity contribution >= 4 is 62.3 Å². The molecule has 0 bridgehead atoms. The Balaban J connectivity index is 2.09. The molecule has 41 heavy (non-hydrogen) atoms. The minimum absolute atomic E-state index is 0.0110. The Morgan fingerprint density at radius 2 is 1.61 bits per heavy atom. The van der Waals surface area contributed by atoms with Gasteiger partial charge in [0.1, 0.15) is 12.6 Å². The number of nitrogens with one attached hydrogen (secondary N) is 1. The molecule has 11 heteroatoms. The number of carbonyl (C=O) groups excluding carboxylic acids is 2. The molecule has 0 saturated carbocycles. The van der Waals surface area contributed by atoms with Gasteiger partial charge in [-0.05, 0) is 66.8 Å². The number of benzene rings is 3. The quantitative estimate of drug-likeness (QED) is 0.238. The molecule has 7 nitrogen and oxygen atoms in total. The van der Waals surface area contributed by atoms with E-state index in [2.05, 4.69) is 5.32 Å². The van der Waals surface area contributed by atoms with E-state index in [-0.39, 0.29) is 29.0 Å². The molecule has 0 unspecified atom stereocenters. The van der Waals surface area contributed by atoms with Crippen molar-refractivity contribution in [1.82, 2.24) is 10.2 Å². The van der Waals surface area contributed by atoms with Crippen LogP contribution in [-0.2, 0) is 26.2 Å². The molecule has 1 atom stereocenters. The Morgan fingerprint density at radius 3 is 2.22 bits per heavy atom. The van der Waals surface area contributed by atoms with Crippen molar-refractivity contribution in [2.24, 2.45) is 5.92 Å². The minimum atomic E-state index is -4.19. The van der Waals surface area contributed by atoms with Gasteiger partial charge < -0.3 is 10.2 Å². The second kappa shape index (κ2) is 14.4. The first-order valence-electron chi connectivity index (χ1n) is 13.2. The lowest BCUT2D eigenvalue weighted by Gasteiger charge is -2.33. The Labute approximate surface area is 257 Å². The smallest absolute Gasteiger partial charge is 0.264 e. The topological polar surface area (TPSA) is 86.8 Å². The van der Waals surface area contributed by atoms with Crippen molar-refractivity contribution in [3.63, 3.8) is 0 Å². The van der Waals surface area contributed by atoms with E-state index in [1.165, 1.54) is 23.1 Å². The van der Waals surface area contributed by atoms with Crippen LogP contribution in [-0.4, -0.2) is 44.3 Å². The van der Waals surface area contributed by atoms with E-state index in [1.807, 2.05) is 13.8 Å². The van der Waals surface area contributed by atoms with Crippen LogP contribution in [0, 0.1) is 12.8 Å². The summed E-state index contributed by atoms with van der Waals surface area (Å²) in [5.41, 5.74) is 1.51. The van der Waals surface area contributed by atoms with Gasteiger partial charge in [0.05, 0.1) is 20.6 Å². The van der Waals surface area contributed by atoms with Crippen molar-refractivity contribution in [3.05, 3.63) is 92.9 Å². The van der Waals surface area contributed by atoms with E-state index in [1.54, 1.807) is 62.4 Å². The largest absolute Gasteiger partial charge is 0.354 e. The lowest BCUT2D eigenvalue weighted by atomic mass is 10.1. The molecular formula is C30H34Cl3N3O4S. The second-order valence-corrected chi connectivity index (χ2v) is 13.2. The molecule has 0 aromatic heterocycles. The van der Waals surface area contributed by atoms with Gasteiger partial charge in [-0.3, -0.25) is 13.9 Å². The molecule has 3 rings (SSSR count). The van der Waals surface area contributed by atoms with Gasteiger partial charge >= 0.3 is 0 Å². The Kier molecular flexibility index (Phi) is 11.5. The first-order chi connectivity index (χ1) is 19.3. The summed E-state index contributed by atoms with van der Waals surface area (Å²) in [7, 11) is -4.19. The number of hydrogen-bond donors (Lipinski definition) is 1. The zero-order chi connectivity index (χ0) is 30.3. The molecule has 1 N–H and O–H groups in total. The zero-order valence-electron chi connectivity index (χ0n) is 23.4. The molecule has 0 aliphatic carbocycles. The molecule has 0 radical (unpaired) electrons. The fourth-order valence-electron chi connectivity index (χ4n) is 4.26. The third kappa shape index (κ3) is 8.38. The Hall–Kier alpha value is -2.78. The predicted molar refractivity (Wildman–Crippen MR) is 166 cm³/mol. The van der Waals surface area contributed by atoms with Gasteiger partial charge in [-0.25, -0.2) is 8.42 Å². The highest BCUT2D eigenvalue weighted by Crippen LogP contribution is 2.30. The van der Waals surface area contributed by atoms with Crippen molar-refractivity contribution < 1.29 is 18.0 Å². The van der Waals surface area contributed by atoms with Gasteiger partial charge in [0.15, 0.2) is 0 Å². The fourth-order valence-corrected chi connectivity index (χ4v) is 6.24. The van der Waals surface area contributed by atoms with E-state index >= 15 is 0 Å². The van der Waals surface area contributed by atoms with Crippen molar-refractivity contribution in [1.29, 1.82) is 0 Å². The SMILES string of the molecule is CC[C@H](C(=O)NCC(C)C)N(Cc1ccc(Cl)c(Cl)c1)C(=O)CN(c1cc(Cl)ccc1C)S(=O)(=O)c1ccccc1. The number of carbonyl (C=O) groups is 2. The highest BCUT2D eigenvalue weighted by Gasteiger charge is 2.34. The van der Waals surface area contributed by atoms with Crippen LogP contribution in [0.3, 0.4) is 0 Å². The van der Waals surface area contributed by atoms with Gasteiger partial charge in [-0.1, -0.05) is 85.9 Å². The van der Waals surface area contributed by atoms with Crippen LogP contribution in [0.25, 0.3) is 0 Å². The summed E-state index contributed by atoms with van der Waals surface area (Å²) in [6.07, 6.45) is 0.304. The summed E-state index contributed by atoms with van der Waals surface area (Å²) in [5, 5.41) is 3.88. The molecule has 0 fully saturated rings. The van der Waals surface area contributed by atoms with Crippen LogP contribution in [0.1, 0.15) is 38.3 Å². The summed E-state index contributed by atoms with van der Waals surface area (Å²) in [6.45, 7) is 7.36. The van der Waals surface area contributed by atoms with Gasteiger partial charge in [0.25, 0.3) is 10.0 Å². The van der Waals surface area contributed by atoms with Crippen molar-refractivity contribution in [2.75, 3.05) is 17.4 Å². The number of amides is 2. The standard InChI is InChI=1S/C30H34Cl3N3O4S/c1-5-27(30(38)34-17-20(2)3)35(18-22-12-14-25(32)26(33)15-22)29(37)19-36(28-16-23(31)13-11-21(28)4)41(39,40)24-9-7-6-8-10-24/h6-16,20,27H,5,17-19H2,1-4H3,(H,34,38)/t27-/m1/s1. The maximum absolute atomic E-state index is 14.1. The molecule has 0 aliphatic heterocycles. The van der Waals surface area contributed by atoms with E-state index in [4.69, 9.17) is 34.8 Å². The normalized spacial score (nSPS) is 12.2. The van der Waals surface area contributed by atoms with Crippen LogP contribution in [0.4, 0.5) is 5.69 Å². The van der Waals surface area contributed by atoms with Crippen LogP contribution in [0.15, 0.2) is 71.6 Å². The van der Waals surface area contributed by atoms with Gasteiger partial charge in [0.2, 0.25) is 11.8 Å². The Bertz CT molecular complexity index is 1480. The van der Waals surface area contributed by atoms with E-state index in [0.717, 1.165) is 4.31 Å². The van der Waals surface area contributed by atoms with Gasteiger partial charge in [-0.15, -0.1) is 0 Å². The number of sulfonamides is 1. The maximum Gasteiger partial charge on any atom is 0.264 e. The average Bonchev–Trinajstić information content (AvgIpc) is 2.94. The monoisotopic (exact) mass is 637 g/mol. The number of aryl methyl sites for hydroxylation is 1. The third-order valence-electron chi connectivity index (χ3n) is 6.46. The molecule has 2 amide bonds. The highest BCUT2D eigenvalue weighted by molar-refractivity contribution is 7.92. The molecule has 3 aromatic carbocycles. The zero-order valence-corrected chi connectivity index (χ0v) is 26.5. The summed E-state index contributed by atoms with van der Waals surface area (Å²) in [6, 6.07) is 16.8. The van der Waals surface area contributed by atoms with Crippen molar-refractivity contribution in [3.8, 4) is 0 Å². The lowest BCUT2D eigenvalue weighted by molar-refractivity contribution is -0.140. The summed E-state index contributed by atoms with van der Waals surface area (Å²) in [4.78, 5) is 28.9. The second-order valence-electron chi connectivity index (χ2n) is 10.1. The van der Waals surface area contributed by atoms with Crippen LogP contribution < -0.4 is 9.62 Å². The van der Waals surface area contributed by atoms with E-state index in [0.29, 0.717) is 39.2 Å². The highest BCUT2D eigenvalue weighted by atomic mass is 35.5. The number of rotatable bonds is 12. The summed E-state index contributed by atoms with van der Waals surface area (Å²) in [5.74, 6) is -0.694. The third-order valence-corrected chi connectivity index (χ3v) is 9.21. The number of hydrogen-bond acceptors (Lipinski definition) is 4. The predicted octanol–water partition coefficient (Wildman–Crippen LogP) is 6.73. The van der Waals surface area contributed by atoms with Gasteiger partial charge in [0, 0.05) is 18.1 Å². The summed E-state index contributed by atoms with van der Waals surface area (Å²) >= 11 is 18.6. The molecule has 0 heterocycles. The molecule has 220 valence electrons.